The zero-order valence-corrected chi connectivity index (χ0v) is 15.3. The maximum Gasteiger partial charge on any atom is 0.167 e. The monoisotopic (exact) mass is 346 g/mol. The van der Waals surface area contributed by atoms with Crippen molar-refractivity contribution in [3.05, 3.63) is 57.6 Å². The Morgan fingerprint density at radius 3 is 2.54 bits per heavy atom. The maximum absolute atomic E-state index is 11.0. The van der Waals surface area contributed by atoms with Gasteiger partial charge in [0.1, 0.15) is 18.1 Å². The molecule has 0 unspecified atom stereocenters. The van der Waals surface area contributed by atoms with E-state index in [1.54, 1.807) is 12.1 Å². The number of halogens is 1. The first-order valence-corrected chi connectivity index (χ1v) is 8.38. The number of carbonyl (C=O) groups is 1. The minimum atomic E-state index is -0.0295. The fraction of sp³-hybridized carbons (Fsp3) is 0.350. The topological polar surface area (TPSA) is 46.5 Å². The van der Waals surface area contributed by atoms with Gasteiger partial charge in [0.25, 0.3) is 0 Å². The number of rotatable bonds is 6. The van der Waals surface area contributed by atoms with Gasteiger partial charge in [0.15, 0.2) is 5.78 Å². The normalized spacial score (nSPS) is 10.9. The summed E-state index contributed by atoms with van der Waals surface area (Å²) in [6.45, 7) is 7.62. The maximum atomic E-state index is 11.0. The number of ketones is 1. The first kappa shape index (κ1) is 18.3. The van der Waals surface area contributed by atoms with Gasteiger partial charge in [0.05, 0.1) is 0 Å². The number of hydrogen-bond acceptors (Lipinski definition) is 3. The lowest BCUT2D eigenvalue weighted by Gasteiger charge is -2.14. The van der Waals surface area contributed by atoms with E-state index in [-0.39, 0.29) is 18.3 Å². The summed E-state index contributed by atoms with van der Waals surface area (Å²) in [4.78, 5) is 11.0. The summed E-state index contributed by atoms with van der Waals surface area (Å²) >= 11 is 6.42. The van der Waals surface area contributed by atoms with Crippen LogP contribution in [0.1, 0.15) is 48.9 Å². The predicted molar refractivity (Wildman–Crippen MR) is 97.4 cm³/mol. The fourth-order valence-electron chi connectivity index (χ4n) is 2.62. The molecular weight excluding hydrogens is 324 g/mol. The molecule has 1 N–H and O–H groups in total. The minimum absolute atomic E-state index is 0.0295. The van der Waals surface area contributed by atoms with Crippen molar-refractivity contribution in [2.45, 2.75) is 40.0 Å². The zero-order chi connectivity index (χ0) is 17.9. The molecule has 128 valence electrons. The molecule has 24 heavy (non-hydrogen) atoms. The molecule has 0 aliphatic carbocycles. The Balaban J connectivity index is 2.27. The van der Waals surface area contributed by atoms with Gasteiger partial charge in [-0.3, -0.25) is 4.79 Å². The van der Waals surface area contributed by atoms with E-state index in [1.165, 1.54) is 6.92 Å². The lowest BCUT2D eigenvalue weighted by atomic mass is 9.95. The van der Waals surface area contributed by atoms with Gasteiger partial charge < -0.3 is 9.84 Å². The molecule has 0 amide bonds. The zero-order valence-electron chi connectivity index (χ0n) is 14.5. The molecule has 0 fully saturated rings. The number of phenols is 1. The Morgan fingerprint density at radius 2 is 1.96 bits per heavy atom. The molecule has 0 saturated heterocycles. The van der Waals surface area contributed by atoms with Crippen molar-refractivity contribution in [2.24, 2.45) is 0 Å². The van der Waals surface area contributed by atoms with Crippen LogP contribution in [0.2, 0.25) is 5.02 Å². The molecular formula is C20H23ClO3. The van der Waals surface area contributed by atoms with Gasteiger partial charge >= 0.3 is 0 Å². The lowest BCUT2D eigenvalue weighted by Crippen LogP contribution is -2.07. The largest absolute Gasteiger partial charge is 0.508 e. The first-order valence-electron chi connectivity index (χ1n) is 8.01. The molecule has 0 atom stereocenters. The van der Waals surface area contributed by atoms with Gasteiger partial charge in [-0.05, 0) is 66.6 Å². The molecule has 0 aliphatic rings. The van der Waals surface area contributed by atoms with Gasteiger partial charge in [-0.15, -0.1) is 0 Å². The predicted octanol–water partition coefficient (Wildman–Crippen LogP) is 5.04. The molecule has 0 radical (unpaired) electrons. The standard InChI is InChI=1S/C20H23ClO3/c1-12(2)17-8-15(5-6-20(17)23)9-18-13(3)7-16(10-19(18)21)24-11-14(4)22/h5-8,10,12,23H,9,11H2,1-4H3. The average Bonchev–Trinajstić information content (AvgIpc) is 2.50. The lowest BCUT2D eigenvalue weighted by molar-refractivity contribution is -0.118. The van der Waals surface area contributed by atoms with E-state index in [0.29, 0.717) is 22.9 Å². The van der Waals surface area contributed by atoms with E-state index in [1.807, 2.05) is 25.1 Å². The van der Waals surface area contributed by atoms with Crippen LogP contribution in [0, 0.1) is 6.92 Å². The number of ether oxygens (including phenoxy) is 1. The molecule has 3 nitrogen and oxygen atoms in total. The smallest absolute Gasteiger partial charge is 0.167 e. The van der Waals surface area contributed by atoms with Crippen molar-refractivity contribution < 1.29 is 14.6 Å². The molecule has 0 saturated carbocycles. The van der Waals surface area contributed by atoms with E-state index in [2.05, 4.69) is 13.8 Å². The second-order valence-electron chi connectivity index (χ2n) is 6.42. The number of aromatic hydroxyl groups is 1. The number of aryl methyl sites for hydroxylation is 1. The van der Waals surface area contributed by atoms with Crippen LogP contribution in [0.4, 0.5) is 0 Å². The van der Waals surface area contributed by atoms with E-state index >= 15 is 0 Å². The van der Waals surface area contributed by atoms with E-state index in [4.69, 9.17) is 16.3 Å². The van der Waals surface area contributed by atoms with Crippen LogP contribution in [0.3, 0.4) is 0 Å². The molecule has 2 aromatic carbocycles. The highest BCUT2D eigenvalue weighted by Crippen LogP contribution is 2.31. The summed E-state index contributed by atoms with van der Waals surface area (Å²) in [7, 11) is 0. The number of hydrogen-bond donors (Lipinski definition) is 1. The Kier molecular flexibility index (Phi) is 5.89. The quantitative estimate of drug-likeness (QED) is 0.797. The van der Waals surface area contributed by atoms with E-state index < -0.39 is 0 Å². The summed E-state index contributed by atoms with van der Waals surface area (Å²) in [6, 6.07) is 9.32. The van der Waals surface area contributed by atoms with E-state index in [0.717, 1.165) is 22.3 Å². The molecule has 0 aromatic heterocycles. The van der Waals surface area contributed by atoms with Gasteiger partial charge in [-0.25, -0.2) is 0 Å². The van der Waals surface area contributed by atoms with Crippen LogP contribution in [0.15, 0.2) is 30.3 Å². The number of phenolic OH excluding ortho intramolecular Hbond substituents is 1. The third-order valence-corrected chi connectivity index (χ3v) is 4.27. The Labute approximate surface area is 148 Å². The SMILES string of the molecule is CC(=O)COc1cc(C)c(Cc2ccc(O)c(C(C)C)c2)c(Cl)c1. The van der Waals surface area contributed by atoms with Crippen molar-refractivity contribution in [1.82, 2.24) is 0 Å². The molecule has 0 aliphatic heterocycles. The Bertz CT molecular complexity index is 728. The van der Waals surface area contributed by atoms with Gasteiger partial charge in [-0.1, -0.05) is 37.6 Å². The number of Topliss-reactive ketones (excluding diaryl/α,β-unsaturated/α-hetero) is 1. The van der Waals surface area contributed by atoms with Crippen molar-refractivity contribution in [1.29, 1.82) is 0 Å². The van der Waals surface area contributed by atoms with Crippen molar-refractivity contribution in [2.75, 3.05) is 6.61 Å². The summed E-state index contributed by atoms with van der Waals surface area (Å²) in [5, 5.41) is 10.6. The van der Waals surface area contributed by atoms with Crippen LogP contribution in [-0.4, -0.2) is 17.5 Å². The molecule has 0 heterocycles. The van der Waals surface area contributed by atoms with Crippen molar-refractivity contribution in [3.8, 4) is 11.5 Å². The third kappa shape index (κ3) is 4.51. The number of carbonyl (C=O) groups excluding carboxylic acids is 1. The van der Waals surface area contributed by atoms with Gasteiger partial charge in [-0.2, -0.15) is 0 Å². The van der Waals surface area contributed by atoms with Crippen LogP contribution in [0.5, 0.6) is 11.5 Å². The summed E-state index contributed by atoms with van der Waals surface area (Å²) in [5.41, 5.74) is 4.06. The average molecular weight is 347 g/mol. The van der Waals surface area contributed by atoms with Crippen LogP contribution in [0.25, 0.3) is 0 Å². The van der Waals surface area contributed by atoms with Gasteiger partial charge in [0, 0.05) is 5.02 Å². The molecule has 4 heteroatoms. The highest BCUT2D eigenvalue weighted by Gasteiger charge is 2.12. The van der Waals surface area contributed by atoms with Crippen LogP contribution < -0.4 is 4.74 Å². The highest BCUT2D eigenvalue weighted by molar-refractivity contribution is 6.31. The van der Waals surface area contributed by atoms with E-state index in [9.17, 15) is 9.90 Å². The summed E-state index contributed by atoms with van der Waals surface area (Å²) in [6.07, 6.45) is 0.678. The fourth-order valence-corrected chi connectivity index (χ4v) is 2.94. The van der Waals surface area contributed by atoms with Crippen LogP contribution in [-0.2, 0) is 11.2 Å². The molecule has 0 bridgehead atoms. The Morgan fingerprint density at radius 1 is 1.25 bits per heavy atom. The number of benzene rings is 2. The molecule has 2 rings (SSSR count). The third-order valence-electron chi connectivity index (χ3n) is 3.93. The summed E-state index contributed by atoms with van der Waals surface area (Å²) < 4.78 is 5.43. The minimum Gasteiger partial charge on any atom is -0.508 e. The molecule has 0 spiro atoms. The Hall–Kier alpha value is -2.00. The summed E-state index contributed by atoms with van der Waals surface area (Å²) in [5.74, 6) is 1.15. The second-order valence-corrected chi connectivity index (χ2v) is 6.82. The van der Waals surface area contributed by atoms with Crippen molar-refractivity contribution in [3.63, 3.8) is 0 Å². The second kappa shape index (κ2) is 7.71. The highest BCUT2D eigenvalue weighted by atomic mass is 35.5. The molecule has 2 aromatic rings. The van der Waals surface area contributed by atoms with Gasteiger partial charge in [0.2, 0.25) is 0 Å². The van der Waals surface area contributed by atoms with Crippen molar-refractivity contribution >= 4 is 17.4 Å². The van der Waals surface area contributed by atoms with Crippen LogP contribution >= 0.6 is 11.6 Å². The first-order chi connectivity index (χ1) is 11.3.